The second kappa shape index (κ2) is 5.28. The van der Waals surface area contributed by atoms with Crippen molar-refractivity contribution >= 4 is 17.4 Å². The van der Waals surface area contributed by atoms with Gasteiger partial charge in [0.05, 0.1) is 0 Å². The second-order valence-electron chi connectivity index (χ2n) is 4.26. The summed E-state index contributed by atoms with van der Waals surface area (Å²) in [5, 5.41) is 7.69. The summed E-state index contributed by atoms with van der Waals surface area (Å²) in [6.07, 6.45) is 1.52. The first-order valence-electron chi connectivity index (χ1n) is 5.73. The molecular formula is C14H14ClN3O. The van der Waals surface area contributed by atoms with Crippen LogP contribution < -0.4 is 10.5 Å². The van der Waals surface area contributed by atoms with Gasteiger partial charge in [0.2, 0.25) is 5.88 Å². The average Bonchev–Trinajstić information content (AvgIpc) is 2.36. The fourth-order valence-corrected chi connectivity index (χ4v) is 1.88. The Kier molecular flexibility index (Phi) is 3.71. The Balaban J connectivity index is 2.41. The normalized spacial score (nSPS) is 10.3. The molecule has 1 aromatic carbocycles. The summed E-state index contributed by atoms with van der Waals surface area (Å²) in [7, 11) is 0. The van der Waals surface area contributed by atoms with E-state index < -0.39 is 0 Å². The van der Waals surface area contributed by atoms with Crippen molar-refractivity contribution in [3.8, 4) is 11.6 Å². The number of benzene rings is 1. The van der Waals surface area contributed by atoms with Gasteiger partial charge >= 0.3 is 0 Å². The third-order valence-corrected chi connectivity index (χ3v) is 3.06. The van der Waals surface area contributed by atoms with Crippen molar-refractivity contribution in [2.45, 2.75) is 13.8 Å². The molecule has 3 N–H and O–H groups in total. The highest BCUT2D eigenvalue weighted by Crippen LogP contribution is 2.31. The number of hydrogen-bond acceptors (Lipinski definition) is 3. The molecule has 0 bridgehead atoms. The summed E-state index contributed by atoms with van der Waals surface area (Å²) < 4.78 is 5.72. The number of amidine groups is 1. The molecule has 0 unspecified atom stereocenters. The number of nitrogens with zero attached hydrogens (tertiary/aromatic N) is 1. The highest BCUT2D eigenvalue weighted by Gasteiger charge is 2.12. The van der Waals surface area contributed by atoms with Gasteiger partial charge in [-0.25, -0.2) is 4.98 Å². The van der Waals surface area contributed by atoms with E-state index in [9.17, 15) is 0 Å². The molecule has 0 aliphatic heterocycles. The lowest BCUT2D eigenvalue weighted by molar-refractivity contribution is 0.459. The Morgan fingerprint density at radius 2 is 2.05 bits per heavy atom. The lowest BCUT2D eigenvalue weighted by Crippen LogP contribution is -2.12. The van der Waals surface area contributed by atoms with E-state index >= 15 is 0 Å². The highest BCUT2D eigenvalue weighted by atomic mass is 35.5. The molecule has 0 atom stereocenters. The minimum Gasteiger partial charge on any atom is -0.437 e. The van der Waals surface area contributed by atoms with Crippen LogP contribution in [0.5, 0.6) is 11.6 Å². The molecule has 1 heterocycles. The summed E-state index contributed by atoms with van der Waals surface area (Å²) in [5.41, 5.74) is 7.93. The van der Waals surface area contributed by atoms with Gasteiger partial charge in [0, 0.05) is 11.8 Å². The van der Waals surface area contributed by atoms with Crippen LogP contribution in [0.2, 0.25) is 5.02 Å². The predicted molar refractivity (Wildman–Crippen MR) is 76.3 cm³/mol. The molecule has 0 saturated heterocycles. The maximum Gasteiger partial charge on any atom is 0.238 e. The number of nitrogens with one attached hydrogen (secondary N) is 1. The molecule has 0 amide bonds. The van der Waals surface area contributed by atoms with E-state index in [-0.39, 0.29) is 16.7 Å². The van der Waals surface area contributed by atoms with E-state index in [0.717, 1.165) is 11.1 Å². The minimum atomic E-state index is -0.113. The number of hydrogen-bond donors (Lipinski definition) is 2. The van der Waals surface area contributed by atoms with Crippen molar-refractivity contribution in [1.82, 2.24) is 4.98 Å². The Morgan fingerprint density at radius 1 is 1.32 bits per heavy atom. The molecular weight excluding hydrogens is 262 g/mol. The third kappa shape index (κ3) is 2.85. The SMILES string of the molecule is Cc1ccc(C)c(Oc2nccc(C(=N)N)c2Cl)c1. The van der Waals surface area contributed by atoms with Crippen molar-refractivity contribution < 1.29 is 4.74 Å². The molecule has 5 heteroatoms. The van der Waals surface area contributed by atoms with Gasteiger partial charge in [-0.15, -0.1) is 0 Å². The summed E-state index contributed by atoms with van der Waals surface area (Å²) in [6.45, 7) is 3.92. The van der Waals surface area contributed by atoms with E-state index in [1.54, 1.807) is 6.07 Å². The van der Waals surface area contributed by atoms with Gasteiger partial charge in [0.15, 0.2) is 0 Å². The van der Waals surface area contributed by atoms with Gasteiger partial charge in [0.1, 0.15) is 16.6 Å². The molecule has 1 aromatic heterocycles. The first-order chi connectivity index (χ1) is 8.99. The van der Waals surface area contributed by atoms with Gasteiger partial charge in [0.25, 0.3) is 0 Å². The van der Waals surface area contributed by atoms with Gasteiger partial charge < -0.3 is 10.5 Å². The summed E-state index contributed by atoms with van der Waals surface area (Å²) >= 11 is 6.14. The Morgan fingerprint density at radius 3 is 2.74 bits per heavy atom. The number of nitrogen functional groups attached to an aromatic ring is 1. The van der Waals surface area contributed by atoms with Gasteiger partial charge in [-0.3, -0.25) is 5.41 Å². The van der Waals surface area contributed by atoms with Crippen LogP contribution in [-0.2, 0) is 0 Å². The van der Waals surface area contributed by atoms with Crippen LogP contribution in [0.15, 0.2) is 30.5 Å². The van der Waals surface area contributed by atoms with Crippen molar-refractivity contribution in [3.63, 3.8) is 0 Å². The zero-order valence-electron chi connectivity index (χ0n) is 10.7. The van der Waals surface area contributed by atoms with Crippen LogP contribution in [0.3, 0.4) is 0 Å². The lowest BCUT2D eigenvalue weighted by Gasteiger charge is -2.11. The number of nitrogens with two attached hydrogens (primary N) is 1. The summed E-state index contributed by atoms with van der Waals surface area (Å²) in [6, 6.07) is 7.46. The number of halogens is 1. The van der Waals surface area contributed by atoms with Crippen LogP contribution in [0, 0.1) is 19.3 Å². The smallest absolute Gasteiger partial charge is 0.238 e. The minimum absolute atomic E-state index is 0.113. The molecule has 2 rings (SSSR count). The molecule has 0 spiro atoms. The fraction of sp³-hybridized carbons (Fsp3) is 0.143. The molecule has 0 fully saturated rings. The van der Waals surface area contributed by atoms with Crippen LogP contribution in [0.4, 0.5) is 0 Å². The molecule has 0 aliphatic carbocycles. The first kappa shape index (κ1) is 13.4. The van der Waals surface area contributed by atoms with Crippen LogP contribution in [0.25, 0.3) is 0 Å². The Hall–Kier alpha value is -2.07. The Labute approximate surface area is 116 Å². The maximum atomic E-state index is 7.44. The van der Waals surface area contributed by atoms with Crippen LogP contribution >= 0.6 is 11.6 Å². The predicted octanol–water partition coefficient (Wildman–Crippen LogP) is 3.43. The van der Waals surface area contributed by atoms with Gasteiger partial charge in [-0.05, 0) is 37.1 Å². The van der Waals surface area contributed by atoms with E-state index in [4.69, 9.17) is 27.5 Å². The van der Waals surface area contributed by atoms with E-state index in [2.05, 4.69) is 4.98 Å². The third-order valence-electron chi connectivity index (χ3n) is 2.70. The summed E-state index contributed by atoms with van der Waals surface area (Å²) in [5.74, 6) is 0.830. The first-order valence-corrected chi connectivity index (χ1v) is 6.11. The topological polar surface area (TPSA) is 72.0 Å². The fourth-order valence-electron chi connectivity index (χ4n) is 1.63. The van der Waals surface area contributed by atoms with Crippen molar-refractivity contribution in [3.05, 3.63) is 52.2 Å². The number of aromatic nitrogens is 1. The zero-order chi connectivity index (χ0) is 14.0. The number of aryl methyl sites for hydroxylation is 2. The molecule has 0 aliphatic rings. The molecule has 0 saturated carbocycles. The molecule has 4 nitrogen and oxygen atoms in total. The zero-order valence-corrected chi connectivity index (χ0v) is 11.5. The van der Waals surface area contributed by atoms with Gasteiger partial charge in [-0.2, -0.15) is 0 Å². The maximum absolute atomic E-state index is 7.44. The van der Waals surface area contributed by atoms with E-state index in [0.29, 0.717) is 11.3 Å². The van der Waals surface area contributed by atoms with Crippen molar-refractivity contribution in [2.24, 2.45) is 5.73 Å². The Bertz CT molecular complexity index is 641. The summed E-state index contributed by atoms with van der Waals surface area (Å²) in [4.78, 5) is 4.08. The van der Waals surface area contributed by atoms with E-state index in [1.807, 2.05) is 32.0 Å². The standard InChI is InChI=1S/C14H14ClN3O/c1-8-3-4-9(2)11(7-8)19-14-12(15)10(13(16)17)5-6-18-14/h3-7H,1-2H3,(H3,16,17). The quantitative estimate of drug-likeness (QED) is 0.666. The molecule has 2 aromatic rings. The highest BCUT2D eigenvalue weighted by molar-refractivity contribution is 6.35. The molecule has 98 valence electrons. The van der Waals surface area contributed by atoms with E-state index in [1.165, 1.54) is 6.20 Å². The average molecular weight is 276 g/mol. The lowest BCUT2D eigenvalue weighted by atomic mass is 10.1. The molecule has 19 heavy (non-hydrogen) atoms. The number of ether oxygens (including phenoxy) is 1. The number of rotatable bonds is 3. The van der Waals surface area contributed by atoms with Crippen LogP contribution in [0.1, 0.15) is 16.7 Å². The second-order valence-corrected chi connectivity index (χ2v) is 4.64. The largest absolute Gasteiger partial charge is 0.437 e. The van der Waals surface area contributed by atoms with Crippen molar-refractivity contribution in [1.29, 1.82) is 5.41 Å². The van der Waals surface area contributed by atoms with Crippen LogP contribution in [-0.4, -0.2) is 10.8 Å². The van der Waals surface area contributed by atoms with Crippen molar-refractivity contribution in [2.75, 3.05) is 0 Å². The molecule has 0 radical (unpaired) electrons. The van der Waals surface area contributed by atoms with Gasteiger partial charge in [-0.1, -0.05) is 23.7 Å². The number of pyridine rings is 1. The monoisotopic (exact) mass is 275 g/mol.